The Morgan fingerprint density at radius 3 is 1.75 bits per heavy atom. The maximum atomic E-state index is 2.40. The molecular formula is C50H34N2. The normalized spacial score (nSPS) is 11.5. The van der Waals surface area contributed by atoms with E-state index >= 15 is 0 Å². The molecule has 0 fully saturated rings. The van der Waals surface area contributed by atoms with Gasteiger partial charge in [0.25, 0.3) is 0 Å². The molecule has 1 heterocycles. The van der Waals surface area contributed by atoms with E-state index in [0.717, 1.165) is 22.7 Å². The van der Waals surface area contributed by atoms with Gasteiger partial charge in [-0.1, -0.05) is 152 Å². The van der Waals surface area contributed by atoms with Crippen LogP contribution < -0.4 is 4.90 Å². The number of para-hydroxylation sites is 2. The van der Waals surface area contributed by atoms with Gasteiger partial charge >= 0.3 is 0 Å². The summed E-state index contributed by atoms with van der Waals surface area (Å²) in [6.45, 7) is 0. The average Bonchev–Trinajstić information content (AvgIpc) is 3.57. The van der Waals surface area contributed by atoms with Gasteiger partial charge in [0.05, 0.1) is 16.7 Å². The maximum Gasteiger partial charge on any atom is 0.0547 e. The Kier molecular flexibility index (Phi) is 7.18. The van der Waals surface area contributed by atoms with Crippen LogP contribution >= 0.6 is 0 Å². The number of rotatable bonds is 6. The van der Waals surface area contributed by atoms with Crippen LogP contribution in [0.1, 0.15) is 0 Å². The van der Waals surface area contributed by atoms with Crippen LogP contribution in [0, 0.1) is 0 Å². The second-order valence-corrected chi connectivity index (χ2v) is 13.4. The highest BCUT2D eigenvalue weighted by Crippen LogP contribution is 2.42. The highest BCUT2D eigenvalue weighted by Gasteiger charge is 2.18. The summed E-state index contributed by atoms with van der Waals surface area (Å²) in [4.78, 5) is 2.38. The standard InChI is InChI=1S/C50H34N2/c1-2-13-38(14-3-1)44-17-8-10-20-47(44)51(43-32-26-35-12-4-5-16-40(35)34-43)41-28-22-36(23-29-41)37-24-30-42(31-25-37)52-48-21-11-9-19-46(48)50-45-18-7-6-15-39(45)27-33-49(50)52/h1-34H. The van der Waals surface area contributed by atoms with Gasteiger partial charge in [-0.05, 0) is 92.8 Å². The first-order valence-corrected chi connectivity index (χ1v) is 17.9. The van der Waals surface area contributed by atoms with Gasteiger partial charge in [-0.3, -0.25) is 0 Å². The molecule has 0 atom stereocenters. The van der Waals surface area contributed by atoms with Crippen LogP contribution in [0.5, 0.6) is 0 Å². The molecule has 0 aliphatic rings. The summed E-state index contributed by atoms with van der Waals surface area (Å²) in [6.07, 6.45) is 0. The SMILES string of the molecule is c1ccc(-c2ccccc2N(c2ccc(-c3ccc(-n4c5ccccc5c5c6ccccc6ccc54)cc3)cc2)c2ccc3ccccc3c2)cc1. The summed E-state index contributed by atoms with van der Waals surface area (Å²) in [5.41, 5.74) is 11.7. The largest absolute Gasteiger partial charge is 0.310 e. The zero-order valence-electron chi connectivity index (χ0n) is 28.5. The van der Waals surface area contributed by atoms with Gasteiger partial charge in [-0.2, -0.15) is 0 Å². The van der Waals surface area contributed by atoms with E-state index in [2.05, 4.69) is 216 Å². The van der Waals surface area contributed by atoms with E-state index in [1.807, 2.05) is 0 Å². The minimum absolute atomic E-state index is 1.11. The summed E-state index contributed by atoms with van der Waals surface area (Å²) >= 11 is 0. The molecule has 0 bridgehead atoms. The molecule has 10 aromatic rings. The molecule has 10 rings (SSSR count). The molecule has 0 spiro atoms. The Morgan fingerprint density at radius 1 is 0.346 bits per heavy atom. The van der Waals surface area contributed by atoms with Crippen LogP contribution in [0.25, 0.3) is 71.3 Å². The zero-order valence-corrected chi connectivity index (χ0v) is 28.5. The van der Waals surface area contributed by atoms with E-state index in [1.54, 1.807) is 0 Å². The van der Waals surface area contributed by atoms with Crippen molar-refractivity contribution in [3.8, 4) is 27.9 Å². The molecular weight excluding hydrogens is 629 g/mol. The number of hydrogen-bond donors (Lipinski definition) is 0. The molecule has 52 heavy (non-hydrogen) atoms. The highest BCUT2D eigenvalue weighted by molar-refractivity contribution is 6.21. The van der Waals surface area contributed by atoms with Crippen molar-refractivity contribution in [3.63, 3.8) is 0 Å². The van der Waals surface area contributed by atoms with Crippen molar-refractivity contribution < 1.29 is 0 Å². The summed E-state index contributed by atoms with van der Waals surface area (Å²) in [7, 11) is 0. The minimum atomic E-state index is 1.11. The average molecular weight is 663 g/mol. The van der Waals surface area contributed by atoms with Crippen LogP contribution in [-0.2, 0) is 0 Å². The molecule has 2 nitrogen and oxygen atoms in total. The van der Waals surface area contributed by atoms with Gasteiger partial charge in [0.15, 0.2) is 0 Å². The first-order valence-electron chi connectivity index (χ1n) is 17.9. The molecule has 0 amide bonds. The Morgan fingerprint density at radius 2 is 0.942 bits per heavy atom. The topological polar surface area (TPSA) is 8.17 Å². The third-order valence-electron chi connectivity index (χ3n) is 10.4. The molecule has 0 saturated carbocycles. The summed E-state index contributed by atoms with van der Waals surface area (Å²) in [6, 6.07) is 74.6. The van der Waals surface area contributed by atoms with Crippen molar-refractivity contribution in [3.05, 3.63) is 206 Å². The van der Waals surface area contributed by atoms with Crippen molar-refractivity contribution in [2.24, 2.45) is 0 Å². The fourth-order valence-corrected chi connectivity index (χ4v) is 7.90. The summed E-state index contributed by atoms with van der Waals surface area (Å²) in [5.74, 6) is 0. The fourth-order valence-electron chi connectivity index (χ4n) is 7.90. The number of benzene rings is 9. The molecule has 0 aliphatic heterocycles. The van der Waals surface area contributed by atoms with Gasteiger partial charge in [0, 0.05) is 33.4 Å². The number of fused-ring (bicyclic) bond motifs is 6. The second kappa shape index (κ2) is 12.5. The van der Waals surface area contributed by atoms with Crippen molar-refractivity contribution in [1.29, 1.82) is 0 Å². The lowest BCUT2D eigenvalue weighted by Crippen LogP contribution is -2.11. The first-order chi connectivity index (χ1) is 25.8. The molecule has 2 heteroatoms. The van der Waals surface area contributed by atoms with Crippen molar-refractivity contribution in [2.75, 3.05) is 4.90 Å². The highest BCUT2D eigenvalue weighted by atomic mass is 15.1. The minimum Gasteiger partial charge on any atom is -0.310 e. The predicted octanol–water partition coefficient (Wildman–Crippen LogP) is 13.9. The first kappa shape index (κ1) is 30.0. The molecule has 244 valence electrons. The third kappa shape index (κ3) is 5.04. The zero-order chi connectivity index (χ0) is 34.4. The Bertz CT molecular complexity index is 2880. The lowest BCUT2D eigenvalue weighted by atomic mass is 10.0. The van der Waals surface area contributed by atoms with Crippen LogP contribution in [0.3, 0.4) is 0 Å². The quantitative estimate of drug-likeness (QED) is 0.172. The molecule has 0 aliphatic carbocycles. The van der Waals surface area contributed by atoms with Gasteiger partial charge in [0.1, 0.15) is 0 Å². The van der Waals surface area contributed by atoms with Gasteiger partial charge < -0.3 is 9.47 Å². The molecule has 0 radical (unpaired) electrons. The number of nitrogens with zero attached hydrogens (tertiary/aromatic N) is 2. The van der Waals surface area contributed by atoms with E-state index in [9.17, 15) is 0 Å². The van der Waals surface area contributed by atoms with E-state index < -0.39 is 0 Å². The van der Waals surface area contributed by atoms with Crippen molar-refractivity contribution >= 4 is 60.4 Å². The number of hydrogen-bond acceptors (Lipinski definition) is 1. The summed E-state index contributed by atoms with van der Waals surface area (Å²) < 4.78 is 2.40. The van der Waals surface area contributed by atoms with E-state index in [4.69, 9.17) is 0 Å². The molecule has 0 unspecified atom stereocenters. The molecule has 0 saturated heterocycles. The van der Waals surface area contributed by atoms with Gasteiger partial charge in [-0.15, -0.1) is 0 Å². The van der Waals surface area contributed by atoms with Crippen molar-refractivity contribution in [2.45, 2.75) is 0 Å². The lowest BCUT2D eigenvalue weighted by Gasteiger charge is -2.28. The van der Waals surface area contributed by atoms with Gasteiger partial charge in [-0.25, -0.2) is 0 Å². The Labute approximate surface area is 303 Å². The third-order valence-corrected chi connectivity index (χ3v) is 10.4. The van der Waals surface area contributed by atoms with Gasteiger partial charge in [0.2, 0.25) is 0 Å². The van der Waals surface area contributed by atoms with Crippen LogP contribution in [0.2, 0.25) is 0 Å². The summed E-state index contributed by atoms with van der Waals surface area (Å²) in [5, 5.41) is 7.58. The Hall–Kier alpha value is -6.90. The molecule has 1 aromatic heterocycles. The van der Waals surface area contributed by atoms with E-state index in [0.29, 0.717) is 0 Å². The molecule has 0 N–H and O–H groups in total. The molecule has 9 aromatic carbocycles. The van der Waals surface area contributed by atoms with Crippen molar-refractivity contribution in [1.82, 2.24) is 4.57 Å². The number of aromatic nitrogens is 1. The lowest BCUT2D eigenvalue weighted by molar-refractivity contribution is 1.18. The monoisotopic (exact) mass is 662 g/mol. The Balaban J connectivity index is 1.05. The second-order valence-electron chi connectivity index (χ2n) is 13.4. The number of anilines is 3. The fraction of sp³-hybridized carbons (Fsp3) is 0. The predicted molar refractivity (Wildman–Crippen MR) is 221 cm³/mol. The van der Waals surface area contributed by atoms with E-state index in [1.165, 1.54) is 65.6 Å². The van der Waals surface area contributed by atoms with Crippen LogP contribution in [-0.4, -0.2) is 4.57 Å². The van der Waals surface area contributed by atoms with Crippen LogP contribution in [0.15, 0.2) is 206 Å². The van der Waals surface area contributed by atoms with E-state index in [-0.39, 0.29) is 0 Å². The smallest absolute Gasteiger partial charge is 0.0547 e. The maximum absolute atomic E-state index is 2.40. The van der Waals surface area contributed by atoms with Crippen LogP contribution in [0.4, 0.5) is 17.1 Å².